The number of hydrogen-bond acceptors (Lipinski definition) is 5. The Kier molecular flexibility index (Phi) is 8.60. The highest BCUT2D eigenvalue weighted by molar-refractivity contribution is 6.32. The Morgan fingerprint density at radius 2 is 2.02 bits per heavy atom. The second kappa shape index (κ2) is 12.3. The molecule has 3 aromatic rings. The fourth-order valence-electron chi connectivity index (χ4n) is 5.11. The lowest BCUT2D eigenvalue weighted by molar-refractivity contribution is -0.139. The predicted molar refractivity (Wildman–Crippen MR) is 153 cm³/mol. The van der Waals surface area contributed by atoms with E-state index in [1.807, 2.05) is 12.2 Å². The van der Waals surface area contributed by atoms with Crippen molar-refractivity contribution in [3.63, 3.8) is 0 Å². The molecule has 3 amide bonds. The van der Waals surface area contributed by atoms with E-state index in [0.29, 0.717) is 59.7 Å². The Morgan fingerprint density at radius 3 is 2.80 bits per heavy atom. The number of hydrogen-bond donors (Lipinski definition) is 3. The molecule has 3 heterocycles. The predicted octanol–water partition coefficient (Wildman–Crippen LogP) is 6.11. The second-order valence-corrected chi connectivity index (χ2v) is 10.6. The summed E-state index contributed by atoms with van der Waals surface area (Å²) in [6.07, 6.45) is 5.42. The van der Waals surface area contributed by atoms with Crippen LogP contribution in [0.4, 0.5) is 14.9 Å². The van der Waals surface area contributed by atoms with Crippen molar-refractivity contribution in [3.8, 4) is 11.3 Å². The molecule has 1 saturated heterocycles. The number of anilines is 1. The van der Waals surface area contributed by atoms with Gasteiger partial charge in [0.05, 0.1) is 36.3 Å². The topological polar surface area (TPSA) is 116 Å². The molecule has 2 aromatic carbocycles. The molecule has 1 aromatic heterocycles. The molecule has 41 heavy (non-hydrogen) atoms. The number of urea groups is 1. The van der Waals surface area contributed by atoms with Crippen LogP contribution in [0.3, 0.4) is 0 Å². The molecule has 1 fully saturated rings. The van der Waals surface area contributed by atoms with Crippen LogP contribution in [0.15, 0.2) is 48.6 Å². The van der Waals surface area contributed by atoms with Crippen molar-refractivity contribution in [1.82, 2.24) is 20.2 Å². The van der Waals surface area contributed by atoms with E-state index in [9.17, 15) is 18.8 Å². The van der Waals surface area contributed by atoms with Crippen LogP contribution in [0.25, 0.3) is 11.3 Å². The maximum atomic E-state index is 14.7. The number of esters is 1. The molecule has 2 bridgehead atoms. The Hall–Kier alpha value is -3.89. The third-order valence-corrected chi connectivity index (χ3v) is 7.76. The van der Waals surface area contributed by atoms with E-state index in [1.54, 1.807) is 35.2 Å². The van der Waals surface area contributed by atoms with Gasteiger partial charge in [-0.05, 0) is 37.0 Å². The van der Waals surface area contributed by atoms with Gasteiger partial charge in [-0.2, -0.15) is 0 Å². The molecule has 3 N–H and O–H groups in total. The van der Waals surface area contributed by atoms with Crippen LogP contribution in [-0.2, 0) is 20.7 Å². The zero-order valence-corrected chi connectivity index (χ0v) is 23.7. The summed E-state index contributed by atoms with van der Waals surface area (Å²) in [5, 5.41) is 6.06. The van der Waals surface area contributed by atoms with Crippen molar-refractivity contribution in [3.05, 3.63) is 81.5 Å². The van der Waals surface area contributed by atoms with E-state index >= 15 is 0 Å². The molecular formula is C29H28Cl2FN5O4. The molecule has 0 radical (unpaired) electrons. The second-order valence-electron chi connectivity index (χ2n) is 9.85. The lowest BCUT2D eigenvalue weighted by Crippen LogP contribution is -2.49. The number of H-pyrrole nitrogens is 1. The number of allylic oxidation sites excluding steroid dienone is 1. The molecule has 2 aliphatic heterocycles. The lowest BCUT2D eigenvalue weighted by atomic mass is 10.00. The maximum Gasteiger partial charge on any atom is 0.318 e. The number of aromatic nitrogens is 2. The fourth-order valence-corrected chi connectivity index (χ4v) is 5.53. The van der Waals surface area contributed by atoms with Crippen LogP contribution in [0, 0.1) is 5.82 Å². The van der Waals surface area contributed by atoms with Crippen LogP contribution in [0.2, 0.25) is 10.2 Å². The third-order valence-electron chi connectivity index (χ3n) is 7.20. The van der Waals surface area contributed by atoms with Gasteiger partial charge in [0, 0.05) is 24.1 Å². The Balaban J connectivity index is 1.47. The number of carbonyl (C=O) groups excluding carboxylic acids is 3. The molecular weight excluding hydrogens is 572 g/mol. The molecule has 0 spiro atoms. The first-order valence-electron chi connectivity index (χ1n) is 13.2. The molecule has 12 heteroatoms. The van der Waals surface area contributed by atoms with Gasteiger partial charge in [-0.1, -0.05) is 59.6 Å². The Morgan fingerprint density at radius 1 is 1.20 bits per heavy atom. The molecule has 9 nitrogen and oxygen atoms in total. The minimum Gasteiger partial charge on any atom is -0.469 e. The van der Waals surface area contributed by atoms with Crippen LogP contribution in [0.1, 0.15) is 54.7 Å². The van der Waals surface area contributed by atoms with Gasteiger partial charge in [-0.25, -0.2) is 14.2 Å². The van der Waals surface area contributed by atoms with Gasteiger partial charge < -0.3 is 25.3 Å². The maximum absolute atomic E-state index is 14.7. The number of nitrogens with one attached hydrogen (secondary N) is 3. The highest BCUT2D eigenvalue weighted by Gasteiger charge is 2.34. The van der Waals surface area contributed by atoms with Gasteiger partial charge >= 0.3 is 12.0 Å². The minimum atomic E-state index is -0.544. The Labute approximate surface area is 246 Å². The lowest BCUT2D eigenvalue weighted by Gasteiger charge is -2.37. The summed E-state index contributed by atoms with van der Waals surface area (Å²) in [7, 11) is 1.31. The van der Waals surface area contributed by atoms with Gasteiger partial charge in [-0.15, -0.1) is 0 Å². The molecule has 0 unspecified atom stereocenters. The van der Waals surface area contributed by atoms with Crippen molar-refractivity contribution in [2.75, 3.05) is 19.0 Å². The SMILES string of the molecule is COC(=O)Cc1ccc2c(c1)NC(=O)CC/C=C/C[C@H](N1CC[C@H](c3cccc(Cl)c3F)NC1=O)c1nc-2c(Cl)[nH]1. The summed E-state index contributed by atoms with van der Waals surface area (Å²) >= 11 is 12.6. The van der Waals surface area contributed by atoms with E-state index in [2.05, 4.69) is 15.6 Å². The number of rotatable bonds is 4. The number of fused-ring (bicyclic) bond motifs is 4. The monoisotopic (exact) mass is 599 g/mol. The number of nitrogens with zero attached hydrogens (tertiary/aromatic N) is 2. The Bertz CT molecular complexity index is 1520. The van der Waals surface area contributed by atoms with Gasteiger partial charge in [0.15, 0.2) is 0 Å². The molecule has 5 rings (SSSR count). The third kappa shape index (κ3) is 6.23. The normalized spacial score (nSPS) is 20.0. The summed E-state index contributed by atoms with van der Waals surface area (Å²) in [4.78, 5) is 47.5. The van der Waals surface area contributed by atoms with Gasteiger partial charge in [0.2, 0.25) is 5.91 Å². The largest absolute Gasteiger partial charge is 0.469 e. The van der Waals surface area contributed by atoms with Gasteiger partial charge in [-0.3, -0.25) is 9.59 Å². The number of benzene rings is 2. The number of carbonyl (C=O) groups is 3. The zero-order chi connectivity index (χ0) is 29.1. The zero-order valence-electron chi connectivity index (χ0n) is 22.2. The van der Waals surface area contributed by atoms with Crippen LogP contribution in [0.5, 0.6) is 0 Å². The number of methoxy groups -OCH3 is 1. The summed E-state index contributed by atoms with van der Waals surface area (Å²) in [6, 6.07) is 8.53. The molecule has 214 valence electrons. The summed E-state index contributed by atoms with van der Waals surface area (Å²) in [5.41, 5.74) is 2.40. The molecule has 2 aliphatic rings. The van der Waals surface area contributed by atoms with E-state index in [-0.39, 0.29) is 35.0 Å². The summed E-state index contributed by atoms with van der Waals surface area (Å²) in [5.74, 6) is -0.693. The first-order valence-corrected chi connectivity index (χ1v) is 13.9. The molecule has 2 atom stereocenters. The molecule has 0 saturated carbocycles. The van der Waals surface area contributed by atoms with Crippen molar-refractivity contribution in [1.29, 1.82) is 0 Å². The standard InChI is InChI=1S/C29H28Cl2FN5O4/c1-41-24(39)15-16-10-11-18-21(14-16)33-23(38)9-4-2-3-8-22(28-35-26(18)27(31)36-28)37-13-12-20(34-29(37)40)17-6-5-7-19(30)25(17)32/h2-3,5-7,10-11,14,20,22H,4,8-9,12-13,15H2,1H3,(H,33,38)(H,34,40)(H,35,36)/b3-2+/t20-,22+/m1/s1. The number of ether oxygens (including phenoxy) is 1. The number of halogens is 3. The first kappa shape index (κ1) is 28.6. The molecule has 0 aliphatic carbocycles. The average molecular weight is 600 g/mol. The quantitative estimate of drug-likeness (QED) is 0.247. The van der Waals surface area contributed by atoms with Gasteiger partial charge in [0.1, 0.15) is 22.5 Å². The van der Waals surface area contributed by atoms with Gasteiger partial charge in [0.25, 0.3) is 0 Å². The summed E-state index contributed by atoms with van der Waals surface area (Å²) in [6.45, 7) is 0.335. The summed E-state index contributed by atoms with van der Waals surface area (Å²) < 4.78 is 19.4. The highest BCUT2D eigenvalue weighted by atomic mass is 35.5. The van der Waals surface area contributed by atoms with E-state index in [4.69, 9.17) is 32.9 Å². The number of imidazole rings is 1. The highest BCUT2D eigenvalue weighted by Crippen LogP contribution is 2.37. The first-order chi connectivity index (χ1) is 19.7. The minimum absolute atomic E-state index is 0.00276. The fraction of sp³-hybridized carbons (Fsp3) is 0.310. The van der Waals surface area contributed by atoms with E-state index in [1.165, 1.54) is 13.2 Å². The van der Waals surface area contributed by atoms with E-state index in [0.717, 1.165) is 0 Å². The van der Waals surface area contributed by atoms with Crippen molar-refractivity contribution < 1.29 is 23.5 Å². The van der Waals surface area contributed by atoms with Crippen LogP contribution < -0.4 is 10.6 Å². The number of amides is 3. The van der Waals surface area contributed by atoms with Crippen molar-refractivity contribution >= 4 is 46.8 Å². The van der Waals surface area contributed by atoms with Crippen LogP contribution in [-0.4, -0.2) is 46.4 Å². The number of aromatic amines is 1. The smallest absolute Gasteiger partial charge is 0.318 e. The van der Waals surface area contributed by atoms with Crippen LogP contribution >= 0.6 is 23.2 Å². The van der Waals surface area contributed by atoms with Crippen molar-refractivity contribution in [2.45, 2.75) is 44.2 Å². The average Bonchev–Trinajstić information content (AvgIpc) is 3.33. The van der Waals surface area contributed by atoms with Crippen molar-refractivity contribution in [2.24, 2.45) is 0 Å². The van der Waals surface area contributed by atoms with E-state index < -0.39 is 23.9 Å².